The van der Waals surface area contributed by atoms with E-state index in [-0.39, 0.29) is 0 Å². The molecule has 2 N–H and O–H groups in total. The molecule has 3 nitrogen and oxygen atoms in total. The van der Waals surface area contributed by atoms with Crippen molar-refractivity contribution in [3.05, 3.63) is 0 Å². The van der Waals surface area contributed by atoms with Gasteiger partial charge in [-0.15, -0.1) is 0 Å². The molecule has 0 radical (unpaired) electrons. The molecule has 2 fully saturated rings. The monoisotopic (exact) mass is 240 g/mol. The highest BCUT2D eigenvalue weighted by atomic mass is 16.5. The number of nitrogens with two attached hydrogens (primary N) is 1. The van der Waals surface area contributed by atoms with Crippen molar-refractivity contribution in [2.75, 3.05) is 26.7 Å². The zero-order valence-corrected chi connectivity index (χ0v) is 11.4. The fraction of sp³-hybridized carbons (Fsp3) is 1.00. The summed E-state index contributed by atoms with van der Waals surface area (Å²) in [5.41, 5.74) is 6.35. The van der Waals surface area contributed by atoms with Gasteiger partial charge in [0.2, 0.25) is 0 Å². The van der Waals surface area contributed by atoms with Crippen molar-refractivity contribution in [1.82, 2.24) is 4.90 Å². The van der Waals surface area contributed by atoms with Gasteiger partial charge in [-0.2, -0.15) is 0 Å². The van der Waals surface area contributed by atoms with Crippen molar-refractivity contribution in [1.29, 1.82) is 0 Å². The number of rotatable bonds is 4. The number of hydrogen-bond acceptors (Lipinski definition) is 3. The number of nitrogens with zero attached hydrogens (tertiary/aromatic N) is 1. The molecule has 1 aliphatic heterocycles. The van der Waals surface area contributed by atoms with Crippen LogP contribution in [0.5, 0.6) is 0 Å². The molecule has 1 saturated heterocycles. The van der Waals surface area contributed by atoms with Crippen LogP contribution in [0, 0.1) is 11.8 Å². The Morgan fingerprint density at radius 3 is 2.65 bits per heavy atom. The van der Waals surface area contributed by atoms with Gasteiger partial charge in [0, 0.05) is 26.2 Å². The summed E-state index contributed by atoms with van der Waals surface area (Å²) in [7, 11) is 1.83. The predicted octanol–water partition coefficient (Wildman–Crippen LogP) is 1.86. The summed E-state index contributed by atoms with van der Waals surface area (Å²) in [5, 5.41) is 0. The second-order valence-electron chi connectivity index (χ2n) is 6.01. The molecule has 1 saturated carbocycles. The Morgan fingerprint density at radius 2 is 2.00 bits per heavy atom. The molecule has 17 heavy (non-hydrogen) atoms. The van der Waals surface area contributed by atoms with Crippen molar-refractivity contribution in [3.63, 3.8) is 0 Å². The van der Waals surface area contributed by atoms with E-state index in [9.17, 15) is 0 Å². The molecule has 0 aromatic carbocycles. The van der Waals surface area contributed by atoms with Gasteiger partial charge in [0.05, 0.1) is 6.10 Å². The zero-order valence-electron chi connectivity index (χ0n) is 11.4. The largest absolute Gasteiger partial charge is 0.380 e. The first kappa shape index (κ1) is 13.3. The lowest BCUT2D eigenvalue weighted by atomic mass is 9.93. The maximum atomic E-state index is 6.35. The standard InChI is InChI=1S/C14H28N2O/c1-11-7-8-16(10-14(11)17-2)9-13(15)12-5-3-4-6-12/h11-14H,3-10,15H2,1-2H3. The van der Waals surface area contributed by atoms with Crippen LogP contribution in [0.25, 0.3) is 0 Å². The fourth-order valence-corrected chi connectivity index (χ4v) is 3.40. The number of piperidine rings is 1. The SMILES string of the molecule is COC1CN(CC(N)C2CCCC2)CCC1C. The number of ether oxygens (including phenoxy) is 1. The molecule has 3 atom stereocenters. The van der Waals surface area contributed by atoms with Crippen LogP contribution in [-0.2, 0) is 4.74 Å². The third kappa shape index (κ3) is 3.43. The van der Waals surface area contributed by atoms with E-state index < -0.39 is 0 Å². The Balaban J connectivity index is 1.78. The molecule has 0 amide bonds. The van der Waals surface area contributed by atoms with Crippen LogP contribution in [0.1, 0.15) is 39.0 Å². The fourth-order valence-electron chi connectivity index (χ4n) is 3.40. The van der Waals surface area contributed by atoms with Gasteiger partial charge in [-0.05, 0) is 37.6 Å². The second-order valence-corrected chi connectivity index (χ2v) is 6.01. The Hall–Kier alpha value is -0.120. The van der Waals surface area contributed by atoms with Crippen molar-refractivity contribution < 1.29 is 4.74 Å². The van der Waals surface area contributed by atoms with E-state index in [2.05, 4.69) is 11.8 Å². The lowest BCUT2D eigenvalue weighted by Crippen LogP contribution is -2.49. The van der Waals surface area contributed by atoms with Gasteiger partial charge < -0.3 is 10.5 Å². The third-order valence-corrected chi connectivity index (χ3v) is 4.75. The van der Waals surface area contributed by atoms with Gasteiger partial charge in [-0.3, -0.25) is 4.90 Å². The minimum Gasteiger partial charge on any atom is -0.380 e. The van der Waals surface area contributed by atoms with Gasteiger partial charge in [-0.1, -0.05) is 19.8 Å². The minimum absolute atomic E-state index is 0.378. The van der Waals surface area contributed by atoms with Gasteiger partial charge in [0.15, 0.2) is 0 Å². The first-order valence-electron chi connectivity index (χ1n) is 7.21. The van der Waals surface area contributed by atoms with E-state index >= 15 is 0 Å². The summed E-state index contributed by atoms with van der Waals surface area (Å²) in [4.78, 5) is 2.51. The Morgan fingerprint density at radius 1 is 1.29 bits per heavy atom. The maximum Gasteiger partial charge on any atom is 0.0724 e. The molecule has 3 unspecified atom stereocenters. The van der Waals surface area contributed by atoms with Gasteiger partial charge in [-0.25, -0.2) is 0 Å². The summed E-state index contributed by atoms with van der Waals surface area (Å²) in [5.74, 6) is 1.47. The van der Waals surface area contributed by atoms with E-state index in [0.29, 0.717) is 18.1 Å². The number of hydrogen-bond donors (Lipinski definition) is 1. The van der Waals surface area contributed by atoms with E-state index in [4.69, 9.17) is 10.5 Å². The van der Waals surface area contributed by atoms with Crippen molar-refractivity contribution >= 4 is 0 Å². The van der Waals surface area contributed by atoms with Crippen LogP contribution in [0.3, 0.4) is 0 Å². The van der Waals surface area contributed by atoms with E-state index in [0.717, 1.165) is 19.0 Å². The predicted molar refractivity (Wildman–Crippen MR) is 71.0 cm³/mol. The summed E-state index contributed by atoms with van der Waals surface area (Å²) in [6.07, 6.45) is 7.11. The number of methoxy groups -OCH3 is 1. The van der Waals surface area contributed by atoms with Crippen LogP contribution < -0.4 is 5.73 Å². The van der Waals surface area contributed by atoms with Crippen molar-refractivity contribution in [2.45, 2.75) is 51.2 Å². The van der Waals surface area contributed by atoms with Crippen molar-refractivity contribution in [2.24, 2.45) is 17.6 Å². The van der Waals surface area contributed by atoms with Gasteiger partial charge in [0.1, 0.15) is 0 Å². The second kappa shape index (κ2) is 6.17. The Labute approximate surface area is 106 Å². The van der Waals surface area contributed by atoms with E-state index in [1.807, 2.05) is 7.11 Å². The smallest absolute Gasteiger partial charge is 0.0724 e. The molecule has 2 rings (SSSR count). The highest BCUT2D eigenvalue weighted by Gasteiger charge is 2.29. The molecular formula is C14H28N2O. The lowest BCUT2D eigenvalue weighted by Gasteiger charge is -2.38. The number of likely N-dealkylation sites (tertiary alicyclic amines) is 1. The first-order chi connectivity index (χ1) is 8.20. The zero-order chi connectivity index (χ0) is 12.3. The molecule has 3 heteroatoms. The van der Waals surface area contributed by atoms with E-state index in [1.165, 1.54) is 38.6 Å². The van der Waals surface area contributed by atoms with Gasteiger partial charge in [0.25, 0.3) is 0 Å². The maximum absolute atomic E-state index is 6.35. The van der Waals surface area contributed by atoms with Crippen LogP contribution >= 0.6 is 0 Å². The molecule has 0 aromatic rings. The van der Waals surface area contributed by atoms with Crippen LogP contribution in [0.4, 0.5) is 0 Å². The molecule has 1 aliphatic carbocycles. The van der Waals surface area contributed by atoms with Crippen molar-refractivity contribution in [3.8, 4) is 0 Å². The molecule has 1 heterocycles. The summed E-state index contributed by atoms with van der Waals surface area (Å²) >= 11 is 0. The Bertz CT molecular complexity index is 228. The molecule has 100 valence electrons. The Kier molecular flexibility index (Phi) is 4.83. The molecule has 2 aliphatic rings. The third-order valence-electron chi connectivity index (χ3n) is 4.75. The first-order valence-corrected chi connectivity index (χ1v) is 7.21. The molecule has 0 bridgehead atoms. The average molecular weight is 240 g/mol. The molecule has 0 aromatic heterocycles. The molecule has 0 spiro atoms. The summed E-state index contributed by atoms with van der Waals surface area (Å²) < 4.78 is 5.56. The van der Waals surface area contributed by atoms with Crippen LogP contribution in [0.15, 0.2) is 0 Å². The van der Waals surface area contributed by atoms with Gasteiger partial charge >= 0.3 is 0 Å². The highest BCUT2D eigenvalue weighted by Crippen LogP contribution is 2.28. The lowest BCUT2D eigenvalue weighted by molar-refractivity contribution is -0.00787. The quantitative estimate of drug-likeness (QED) is 0.815. The summed E-state index contributed by atoms with van der Waals surface area (Å²) in [6, 6.07) is 0.378. The topological polar surface area (TPSA) is 38.5 Å². The summed E-state index contributed by atoms with van der Waals surface area (Å²) in [6.45, 7) is 5.62. The highest BCUT2D eigenvalue weighted by molar-refractivity contribution is 4.84. The average Bonchev–Trinajstić information content (AvgIpc) is 2.85. The minimum atomic E-state index is 0.378. The van der Waals surface area contributed by atoms with E-state index in [1.54, 1.807) is 0 Å². The van der Waals surface area contributed by atoms with Crippen LogP contribution in [0.2, 0.25) is 0 Å². The molecular weight excluding hydrogens is 212 g/mol. The van der Waals surface area contributed by atoms with Crippen LogP contribution in [-0.4, -0.2) is 43.8 Å². The normalized spacial score (nSPS) is 34.1.